The fraction of sp³-hybridized carbons (Fsp3) is 0.125. The van der Waals surface area contributed by atoms with Crippen molar-refractivity contribution in [2.75, 3.05) is 12.4 Å². The number of hydrogen-bond acceptors (Lipinski definition) is 4. The Hall–Kier alpha value is -3.64. The Morgan fingerprint density at radius 1 is 1.00 bits per heavy atom. The quantitative estimate of drug-likeness (QED) is 0.590. The predicted octanol–water partition coefficient (Wildman–Crippen LogP) is 4.71. The molecule has 0 unspecified atom stereocenters. The van der Waals surface area contributed by atoms with Gasteiger partial charge in [0, 0.05) is 16.7 Å². The Bertz CT molecular complexity index is 1210. The highest BCUT2D eigenvalue weighted by Gasteiger charge is 2.36. The molecular formula is C24H19ClN2O4. The maximum absolute atomic E-state index is 12.9. The number of fused-ring (bicyclic) bond motifs is 1. The fourth-order valence-electron chi connectivity index (χ4n) is 3.47. The van der Waals surface area contributed by atoms with E-state index >= 15 is 0 Å². The number of amides is 3. The minimum Gasteiger partial charge on any atom is -0.495 e. The van der Waals surface area contributed by atoms with Crippen molar-refractivity contribution in [3.05, 3.63) is 93.5 Å². The number of halogens is 1. The lowest BCUT2D eigenvalue weighted by Crippen LogP contribution is -2.29. The Balaban J connectivity index is 1.59. The zero-order valence-corrected chi connectivity index (χ0v) is 17.7. The minimum atomic E-state index is -0.426. The molecule has 0 radical (unpaired) electrons. The van der Waals surface area contributed by atoms with Crippen LogP contribution < -0.4 is 10.1 Å². The molecule has 31 heavy (non-hydrogen) atoms. The third-order valence-electron chi connectivity index (χ3n) is 5.15. The van der Waals surface area contributed by atoms with E-state index in [0.717, 1.165) is 11.1 Å². The smallest absolute Gasteiger partial charge is 0.261 e. The van der Waals surface area contributed by atoms with Crippen molar-refractivity contribution in [1.82, 2.24) is 4.90 Å². The molecule has 0 spiro atoms. The number of carbonyl (C=O) groups is 3. The van der Waals surface area contributed by atoms with Crippen LogP contribution in [0.3, 0.4) is 0 Å². The molecule has 4 rings (SSSR count). The summed E-state index contributed by atoms with van der Waals surface area (Å²) in [6.45, 7) is 1.99. The number of hydrogen-bond donors (Lipinski definition) is 1. The summed E-state index contributed by atoms with van der Waals surface area (Å²) in [7, 11) is 1.48. The second kappa shape index (κ2) is 8.24. The van der Waals surface area contributed by atoms with Crippen molar-refractivity contribution in [3.8, 4) is 5.75 Å². The van der Waals surface area contributed by atoms with Gasteiger partial charge in [0.25, 0.3) is 17.7 Å². The van der Waals surface area contributed by atoms with Gasteiger partial charge in [-0.2, -0.15) is 0 Å². The molecule has 0 aromatic heterocycles. The van der Waals surface area contributed by atoms with Crippen LogP contribution >= 0.6 is 11.6 Å². The lowest BCUT2D eigenvalue weighted by Gasteiger charge is -2.13. The molecule has 6 nitrogen and oxygen atoms in total. The van der Waals surface area contributed by atoms with Gasteiger partial charge in [-0.1, -0.05) is 41.9 Å². The van der Waals surface area contributed by atoms with Crippen molar-refractivity contribution < 1.29 is 19.1 Å². The first-order valence-electron chi connectivity index (χ1n) is 9.58. The molecular weight excluding hydrogens is 416 g/mol. The fourth-order valence-corrected chi connectivity index (χ4v) is 3.62. The van der Waals surface area contributed by atoms with Crippen LogP contribution in [-0.4, -0.2) is 29.7 Å². The number of nitrogens with zero attached hydrogens (tertiary/aromatic N) is 1. The number of anilines is 1. The zero-order chi connectivity index (χ0) is 22.1. The topological polar surface area (TPSA) is 75.7 Å². The maximum atomic E-state index is 12.9. The van der Waals surface area contributed by atoms with Crippen LogP contribution in [0.4, 0.5) is 5.69 Å². The van der Waals surface area contributed by atoms with Crippen molar-refractivity contribution >= 4 is 35.0 Å². The number of carbonyl (C=O) groups excluding carboxylic acids is 3. The minimum absolute atomic E-state index is 0.177. The van der Waals surface area contributed by atoms with Crippen molar-refractivity contribution in [2.24, 2.45) is 0 Å². The van der Waals surface area contributed by atoms with Gasteiger partial charge in [0.2, 0.25) is 0 Å². The van der Waals surface area contributed by atoms with Gasteiger partial charge in [-0.3, -0.25) is 19.3 Å². The highest BCUT2D eigenvalue weighted by molar-refractivity contribution is 6.31. The normalized spacial score (nSPS) is 12.7. The summed E-state index contributed by atoms with van der Waals surface area (Å²) in [5.41, 5.74) is 2.86. The molecule has 156 valence electrons. The standard InChI is InChI=1S/C24H19ClN2O4/c1-14-10-20(21(31-2)12-19(14)25)26-22(28)16-8-9-17-18(11-16)24(30)27(23(17)29)13-15-6-4-3-5-7-15/h3-12H,13H2,1-2H3,(H,26,28). The van der Waals surface area contributed by atoms with Gasteiger partial charge >= 0.3 is 0 Å². The van der Waals surface area contributed by atoms with E-state index in [0.29, 0.717) is 16.5 Å². The third kappa shape index (κ3) is 3.90. The number of rotatable bonds is 5. The molecule has 0 bridgehead atoms. The number of imide groups is 1. The Morgan fingerprint density at radius 3 is 2.42 bits per heavy atom. The van der Waals surface area contributed by atoms with Crippen LogP contribution in [0.5, 0.6) is 5.75 Å². The largest absolute Gasteiger partial charge is 0.495 e. The van der Waals surface area contributed by atoms with Crippen molar-refractivity contribution in [3.63, 3.8) is 0 Å². The summed E-state index contributed by atoms with van der Waals surface area (Å²) in [5.74, 6) is -0.792. The van der Waals surface area contributed by atoms with Gasteiger partial charge in [0.15, 0.2) is 0 Å². The number of nitrogens with one attached hydrogen (secondary N) is 1. The van der Waals surface area contributed by atoms with E-state index in [1.807, 2.05) is 37.3 Å². The Morgan fingerprint density at radius 2 is 1.71 bits per heavy atom. The van der Waals surface area contributed by atoms with Crippen LogP contribution in [0, 0.1) is 6.92 Å². The van der Waals surface area contributed by atoms with Gasteiger partial charge in [-0.05, 0) is 42.3 Å². The molecule has 3 amide bonds. The second-order valence-corrected chi connectivity index (χ2v) is 7.61. The SMILES string of the molecule is COc1cc(Cl)c(C)cc1NC(=O)c1ccc2c(c1)C(=O)N(Cc1ccccc1)C2=O. The van der Waals surface area contributed by atoms with E-state index in [2.05, 4.69) is 5.32 Å². The number of benzene rings is 3. The Labute approximate surface area is 184 Å². The molecule has 1 aliphatic rings. The first-order chi connectivity index (χ1) is 14.9. The maximum Gasteiger partial charge on any atom is 0.261 e. The highest BCUT2D eigenvalue weighted by Crippen LogP contribution is 2.32. The number of aryl methyl sites for hydroxylation is 1. The third-order valence-corrected chi connectivity index (χ3v) is 5.55. The lowest BCUT2D eigenvalue weighted by molar-refractivity contribution is 0.0642. The average Bonchev–Trinajstić information content (AvgIpc) is 3.01. The van der Waals surface area contributed by atoms with Crippen LogP contribution in [0.1, 0.15) is 42.2 Å². The van der Waals surface area contributed by atoms with Crippen LogP contribution in [-0.2, 0) is 6.54 Å². The van der Waals surface area contributed by atoms with E-state index in [4.69, 9.17) is 16.3 Å². The molecule has 3 aromatic carbocycles. The molecule has 1 N–H and O–H groups in total. The first-order valence-corrected chi connectivity index (χ1v) is 9.96. The monoisotopic (exact) mass is 434 g/mol. The molecule has 3 aromatic rings. The zero-order valence-electron chi connectivity index (χ0n) is 16.9. The van der Waals surface area contributed by atoms with Gasteiger partial charge in [-0.15, -0.1) is 0 Å². The molecule has 0 saturated heterocycles. The molecule has 7 heteroatoms. The first kappa shape index (κ1) is 20.6. The second-order valence-electron chi connectivity index (χ2n) is 7.20. The van der Waals surface area contributed by atoms with Gasteiger partial charge in [0.05, 0.1) is 30.5 Å². The number of methoxy groups -OCH3 is 1. The van der Waals surface area contributed by atoms with Crippen LogP contribution in [0.2, 0.25) is 5.02 Å². The predicted molar refractivity (Wildman–Crippen MR) is 118 cm³/mol. The number of ether oxygens (including phenoxy) is 1. The summed E-state index contributed by atoms with van der Waals surface area (Å²) < 4.78 is 5.29. The van der Waals surface area contributed by atoms with Crippen LogP contribution in [0.15, 0.2) is 60.7 Å². The van der Waals surface area contributed by atoms with Gasteiger partial charge < -0.3 is 10.1 Å². The summed E-state index contributed by atoms with van der Waals surface area (Å²) in [6, 6.07) is 17.1. The van der Waals surface area contributed by atoms with E-state index in [1.165, 1.54) is 30.2 Å². The van der Waals surface area contributed by atoms with Crippen LogP contribution in [0.25, 0.3) is 0 Å². The molecule has 1 heterocycles. The molecule has 0 atom stereocenters. The Kier molecular flexibility index (Phi) is 5.48. The lowest BCUT2D eigenvalue weighted by atomic mass is 10.1. The summed E-state index contributed by atoms with van der Waals surface area (Å²) in [6.07, 6.45) is 0. The average molecular weight is 435 g/mol. The summed E-state index contributed by atoms with van der Waals surface area (Å²) in [5, 5.41) is 3.30. The van der Waals surface area contributed by atoms with Gasteiger partial charge in [-0.25, -0.2) is 0 Å². The summed E-state index contributed by atoms with van der Waals surface area (Å²) in [4.78, 5) is 39.6. The van der Waals surface area contributed by atoms with Gasteiger partial charge in [0.1, 0.15) is 5.75 Å². The van der Waals surface area contributed by atoms with E-state index in [9.17, 15) is 14.4 Å². The molecule has 0 aliphatic carbocycles. The van der Waals surface area contributed by atoms with Crippen molar-refractivity contribution in [1.29, 1.82) is 0 Å². The summed E-state index contributed by atoms with van der Waals surface area (Å²) >= 11 is 6.12. The van der Waals surface area contributed by atoms with E-state index in [1.54, 1.807) is 12.1 Å². The van der Waals surface area contributed by atoms with E-state index in [-0.39, 0.29) is 29.1 Å². The molecule has 1 aliphatic heterocycles. The molecule has 0 fully saturated rings. The highest BCUT2D eigenvalue weighted by atomic mass is 35.5. The van der Waals surface area contributed by atoms with Crippen molar-refractivity contribution in [2.45, 2.75) is 13.5 Å². The van der Waals surface area contributed by atoms with E-state index < -0.39 is 11.8 Å². The molecule has 0 saturated carbocycles.